The highest BCUT2D eigenvalue weighted by Gasteiger charge is 2.51. The van der Waals surface area contributed by atoms with E-state index in [9.17, 15) is 13.2 Å². The van der Waals surface area contributed by atoms with Crippen LogP contribution in [0.3, 0.4) is 0 Å². The van der Waals surface area contributed by atoms with E-state index in [-0.39, 0.29) is 18.1 Å². The zero-order valence-electron chi connectivity index (χ0n) is 15.4. The highest BCUT2D eigenvalue weighted by Crippen LogP contribution is 2.55. The largest absolute Gasteiger partial charge is 0.346 e. The molecule has 1 aromatic rings. The molecule has 4 saturated carbocycles. The third kappa shape index (κ3) is 3.53. The van der Waals surface area contributed by atoms with Crippen LogP contribution in [-0.2, 0) is 20.8 Å². The number of nitrogens with one attached hydrogen (secondary N) is 1. The van der Waals surface area contributed by atoms with Gasteiger partial charge in [-0.2, -0.15) is 13.5 Å². The van der Waals surface area contributed by atoms with Gasteiger partial charge in [-0.25, -0.2) is 0 Å². The molecule has 5 rings (SSSR count). The number of aromatic nitrogens is 2. The van der Waals surface area contributed by atoms with Crippen LogP contribution in [0.2, 0.25) is 0 Å². The minimum absolute atomic E-state index is 0.0113. The molecule has 26 heavy (non-hydrogen) atoms. The molecule has 0 aromatic carbocycles. The van der Waals surface area contributed by atoms with Crippen molar-refractivity contribution in [1.29, 1.82) is 0 Å². The summed E-state index contributed by atoms with van der Waals surface area (Å²) in [5.41, 5.74) is 1.28. The van der Waals surface area contributed by atoms with Gasteiger partial charge in [0.15, 0.2) is 0 Å². The summed E-state index contributed by atoms with van der Waals surface area (Å²) >= 11 is 0. The first-order valence-electron chi connectivity index (χ1n) is 9.42. The van der Waals surface area contributed by atoms with Gasteiger partial charge in [-0.3, -0.25) is 13.7 Å². The molecule has 4 aliphatic rings. The molecule has 4 aliphatic carbocycles. The van der Waals surface area contributed by atoms with Crippen LogP contribution in [0.4, 0.5) is 0 Å². The molecular weight excluding hydrogens is 354 g/mol. The Morgan fingerprint density at radius 2 is 1.85 bits per heavy atom. The summed E-state index contributed by atoms with van der Waals surface area (Å²) in [6, 6.07) is 0. The Morgan fingerprint density at radius 3 is 2.38 bits per heavy atom. The minimum atomic E-state index is -3.47. The lowest BCUT2D eigenvalue weighted by Gasteiger charge is -2.56. The molecule has 4 fully saturated rings. The fraction of sp³-hybridized carbons (Fsp3) is 0.778. The number of hydrogen-bond donors (Lipinski definition) is 1. The number of rotatable bonds is 6. The molecule has 1 heterocycles. The lowest BCUT2D eigenvalue weighted by atomic mass is 9.53. The number of carbonyl (C=O) groups excluding carboxylic acids is 1. The van der Waals surface area contributed by atoms with E-state index in [2.05, 4.69) is 10.4 Å². The summed E-state index contributed by atoms with van der Waals surface area (Å²) in [5.74, 6) is 2.27. The van der Waals surface area contributed by atoms with Crippen LogP contribution >= 0.6 is 0 Å². The highest BCUT2D eigenvalue weighted by molar-refractivity contribution is 7.85. The maximum Gasteiger partial charge on any atom is 0.264 e. The van der Waals surface area contributed by atoms with Crippen molar-refractivity contribution >= 4 is 16.0 Å². The van der Waals surface area contributed by atoms with Gasteiger partial charge >= 0.3 is 0 Å². The van der Waals surface area contributed by atoms with Gasteiger partial charge in [-0.05, 0) is 63.2 Å². The average Bonchev–Trinajstić information content (AvgIpc) is 2.85. The first kappa shape index (κ1) is 18.0. The van der Waals surface area contributed by atoms with Crippen LogP contribution in [0.5, 0.6) is 0 Å². The van der Waals surface area contributed by atoms with Gasteiger partial charge in [-0.15, -0.1) is 0 Å². The Morgan fingerprint density at radius 1 is 1.27 bits per heavy atom. The van der Waals surface area contributed by atoms with Crippen LogP contribution in [0, 0.1) is 24.7 Å². The molecule has 0 unspecified atom stereocenters. The number of nitrogens with zero attached hydrogens (tertiary/aromatic N) is 2. The molecular formula is C18H27N3O4S. The Bertz CT molecular complexity index is 779. The van der Waals surface area contributed by atoms with Crippen molar-refractivity contribution in [2.75, 3.05) is 12.9 Å². The van der Waals surface area contributed by atoms with Gasteiger partial charge in [0.05, 0.1) is 31.2 Å². The second-order valence-electron chi connectivity index (χ2n) is 8.54. The average molecular weight is 381 g/mol. The molecule has 7 nitrogen and oxygen atoms in total. The molecule has 8 heteroatoms. The standard InChI is InChI=1S/C18H27N3O4S/c1-12-16(11-19-21(12)3-4-25-26(2,23)24)17(22)20-18-8-13-5-14(9-18)7-15(6-13)10-18/h11,13-15H,3-10H2,1-2H3,(H,20,22). The second kappa shape index (κ2) is 6.34. The number of carbonyl (C=O) groups is 1. The molecule has 0 spiro atoms. The summed E-state index contributed by atoms with van der Waals surface area (Å²) in [6.07, 6.45) is 9.95. The zero-order chi connectivity index (χ0) is 18.5. The maximum absolute atomic E-state index is 12.9. The van der Waals surface area contributed by atoms with Crippen LogP contribution in [0.15, 0.2) is 6.20 Å². The van der Waals surface area contributed by atoms with Gasteiger partial charge in [0.2, 0.25) is 0 Å². The Balaban J connectivity index is 1.42. The summed E-state index contributed by atoms with van der Waals surface area (Å²) in [7, 11) is -3.47. The lowest BCUT2D eigenvalue weighted by molar-refractivity contribution is -0.0167. The quantitative estimate of drug-likeness (QED) is 0.760. The summed E-state index contributed by atoms with van der Waals surface area (Å²) < 4.78 is 28.5. The molecule has 4 bridgehead atoms. The smallest absolute Gasteiger partial charge is 0.264 e. The van der Waals surface area contributed by atoms with E-state index in [4.69, 9.17) is 4.18 Å². The lowest BCUT2D eigenvalue weighted by Crippen LogP contribution is -2.59. The molecule has 0 aliphatic heterocycles. The summed E-state index contributed by atoms with van der Waals surface area (Å²) in [5, 5.41) is 7.59. The Kier molecular flexibility index (Phi) is 4.38. The number of hydrogen-bond acceptors (Lipinski definition) is 5. The zero-order valence-corrected chi connectivity index (χ0v) is 16.2. The van der Waals surface area contributed by atoms with Gasteiger partial charge in [0, 0.05) is 11.2 Å². The van der Waals surface area contributed by atoms with E-state index in [1.54, 1.807) is 10.9 Å². The van der Waals surface area contributed by atoms with E-state index in [0.29, 0.717) is 12.1 Å². The molecule has 0 radical (unpaired) electrons. The topological polar surface area (TPSA) is 90.3 Å². The van der Waals surface area contributed by atoms with Crippen molar-refractivity contribution in [2.24, 2.45) is 17.8 Å². The maximum atomic E-state index is 12.9. The van der Waals surface area contributed by atoms with E-state index < -0.39 is 10.1 Å². The van der Waals surface area contributed by atoms with Crippen molar-refractivity contribution in [1.82, 2.24) is 15.1 Å². The Labute approximate surface area is 154 Å². The number of amides is 1. The third-order valence-electron chi connectivity index (χ3n) is 6.37. The van der Waals surface area contributed by atoms with Gasteiger partial charge in [-0.1, -0.05) is 0 Å². The fourth-order valence-electron chi connectivity index (χ4n) is 5.74. The molecule has 1 aromatic heterocycles. The van der Waals surface area contributed by atoms with Crippen LogP contribution in [0.1, 0.15) is 54.6 Å². The summed E-state index contributed by atoms with van der Waals surface area (Å²) in [4.78, 5) is 12.9. The van der Waals surface area contributed by atoms with Gasteiger partial charge < -0.3 is 5.32 Å². The van der Waals surface area contributed by atoms with Gasteiger partial charge in [0.25, 0.3) is 16.0 Å². The van der Waals surface area contributed by atoms with Crippen molar-refractivity contribution < 1.29 is 17.4 Å². The normalized spacial score (nSPS) is 32.8. The van der Waals surface area contributed by atoms with Crippen molar-refractivity contribution in [3.8, 4) is 0 Å². The third-order valence-corrected chi connectivity index (χ3v) is 6.96. The highest BCUT2D eigenvalue weighted by atomic mass is 32.2. The van der Waals surface area contributed by atoms with Crippen LogP contribution < -0.4 is 5.32 Å². The Hall–Kier alpha value is -1.41. The summed E-state index contributed by atoms with van der Waals surface area (Å²) in [6.45, 7) is 2.14. The SMILES string of the molecule is Cc1c(C(=O)NC23CC4CC(CC(C4)C2)C3)cnn1CCOS(C)(=O)=O. The second-order valence-corrected chi connectivity index (χ2v) is 10.2. The monoisotopic (exact) mass is 381 g/mol. The van der Waals surface area contributed by atoms with Crippen molar-refractivity contribution in [2.45, 2.75) is 57.5 Å². The first-order chi connectivity index (χ1) is 12.2. The minimum Gasteiger partial charge on any atom is -0.346 e. The molecule has 1 amide bonds. The van der Waals surface area contributed by atoms with E-state index in [1.165, 1.54) is 19.3 Å². The molecule has 1 N–H and O–H groups in total. The van der Waals surface area contributed by atoms with Gasteiger partial charge in [0.1, 0.15) is 0 Å². The molecule has 0 saturated heterocycles. The van der Waals surface area contributed by atoms with Crippen LogP contribution in [-0.4, -0.2) is 42.5 Å². The van der Waals surface area contributed by atoms with Crippen molar-refractivity contribution in [3.63, 3.8) is 0 Å². The van der Waals surface area contributed by atoms with Crippen molar-refractivity contribution in [3.05, 3.63) is 17.5 Å². The first-order valence-corrected chi connectivity index (χ1v) is 11.2. The van der Waals surface area contributed by atoms with E-state index in [1.807, 2.05) is 6.92 Å². The predicted octanol–water partition coefficient (Wildman–Crippen LogP) is 1.87. The van der Waals surface area contributed by atoms with Crippen LogP contribution in [0.25, 0.3) is 0 Å². The molecule has 0 atom stereocenters. The fourth-order valence-corrected chi connectivity index (χ4v) is 6.12. The van der Waals surface area contributed by atoms with E-state index >= 15 is 0 Å². The van der Waals surface area contributed by atoms with E-state index in [0.717, 1.165) is 49.0 Å². The molecule has 144 valence electrons. The predicted molar refractivity (Wildman–Crippen MR) is 96.1 cm³/mol.